The predicted octanol–water partition coefficient (Wildman–Crippen LogP) is 2.11. The van der Waals surface area contributed by atoms with E-state index in [9.17, 15) is 9.90 Å². The second-order valence-corrected chi connectivity index (χ2v) is 8.52. The summed E-state index contributed by atoms with van der Waals surface area (Å²) in [5, 5.41) is 13.2. The van der Waals surface area contributed by atoms with Gasteiger partial charge in [-0.3, -0.25) is 4.79 Å². The van der Waals surface area contributed by atoms with E-state index in [1.165, 1.54) is 6.92 Å². The molecule has 3 rings (SSSR count). The smallest absolute Gasteiger partial charge is 0.308 e. The van der Waals surface area contributed by atoms with Crippen LogP contribution in [0.15, 0.2) is 30.3 Å². The van der Waals surface area contributed by atoms with Crippen molar-refractivity contribution in [1.29, 1.82) is 0 Å². The first-order chi connectivity index (χ1) is 14.7. The Bertz CT molecular complexity index is 776. The molecule has 0 bridgehead atoms. The monoisotopic (exact) mass is 452 g/mol. The van der Waals surface area contributed by atoms with Gasteiger partial charge in [0.2, 0.25) is 5.82 Å². The molecule has 1 fully saturated rings. The molecule has 31 heavy (non-hydrogen) atoms. The van der Waals surface area contributed by atoms with Crippen molar-refractivity contribution in [2.45, 2.75) is 39.3 Å². The number of rotatable bonds is 7. The maximum Gasteiger partial charge on any atom is 0.308 e. The van der Waals surface area contributed by atoms with Crippen molar-refractivity contribution < 1.29 is 24.1 Å². The van der Waals surface area contributed by atoms with E-state index in [2.05, 4.69) is 39.7 Å². The Hall–Kier alpha value is -2.27. The third-order valence-electron chi connectivity index (χ3n) is 4.04. The molecule has 1 saturated heterocycles. The lowest BCUT2D eigenvalue weighted by Gasteiger charge is -2.27. The Kier molecular flexibility index (Phi) is 10.1. The van der Waals surface area contributed by atoms with Gasteiger partial charge in [-0.2, -0.15) is 4.37 Å². The first kappa shape index (κ1) is 25.0. The van der Waals surface area contributed by atoms with E-state index in [1.807, 2.05) is 18.2 Å². The van der Waals surface area contributed by atoms with E-state index in [0.29, 0.717) is 31.4 Å². The number of morpholine rings is 1. The van der Waals surface area contributed by atoms with Gasteiger partial charge in [0.25, 0.3) is 5.88 Å². The highest BCUT2D eigenvalue weighted by molar-refractivity contribution is 6.99. The van der Waals surface area contributed by atoms with Gasteiger partial charge in [0, 0.05) is 32.1 Å². The topological polar surface area (TPSA) is 106 Å². The van der Waals surface area contributed by atoms with Crippen LogP contribution in [0.25, 0.3) is 0 Å². The zero-order valence-corrected chi connectivity index (χ0v) is 19.4. The molecule has 2 heterocycles. The second-order valence-electron chi connectivity index (χ2n) is 7.99. The number of aliphatic hydroxyl groups is 1. The van der Waals surface area contributed by atoms with E-state index in [4.69, 9.17) is 14.2 Å². The molecule has 2 N–H and O–H groups in total. The van der Waals surface area contributed by atoms with Gasteiger partial charge in [-0.1, -0.05) is 18.2 Å². The van der Waals surface area contributed by atoms with Crippen molar-refractivity contribution in [3.63, 3.8) is 0 Å². The Labute approximate surface area is 187 Å². The molecule has 9 nitrogen and oxygen atoms in total. The Balaban J connectivity index is 0.000000285. The Morgan fingerprint density at radius 1 is 1.26 bits per heavy atom. The average molecular weight is 453 g/mol. The summed E-state index contributed by atoms with van der Waals surface area (Å²) >= 11 is 1.12. The van der Waals surface area contributed by atoms with Gasteiger partial charge in [-0.15, -0.1) is 4.37 Å². The lowest BCUT2D eigenvalue weighted by atomic mass is 10.1. The van der Waals surface area contributed by atoms with Crippen LogP contribution < -0.4 is 19.7 Å². The number of nitrogens with zero attached hydrogens (tertiary/aromatic N) is 3. The number of esters is 1. The summed E-state index contributed by atoms with van der Waals surface area (Å²) in [5.74, 6) is 1.55. The number of anilines is 1. The fraction of sp³-hybridized carbons (Fsp3) is 0.571. The number of ether oxygens (including phenoxy) is 3. The number of aromatic nitrogens is 2. The summed E-state index contributed by atoms with van der Waals surface area (Å²) in [5.41, 5.74) is -0.0257. The van der Waals surface area contributed by atoms with Crippen molar-refractivity contribution in [2.75, 3.05) is 44.4 Å². The molecule has 0 aliphatic carbocycles. The highest BCUT2D eigenvalue weighted by Crippen LogP contribution is 2.26. The van der Waals surface area contributed by atoms with E-state index in [0.717, 1.165) is 30.6 Å². The maximum absolute atomic E-state index is 10.4. The van der Waals surface area contributed by atoms with Crippen molar-refractivity contribution >= 4 is 23.5 Å². The largest absolute Gasteiger partial charge is 0.472 e. The standard InChI is InChI=1S/C13H24N4O3S.C8H8O2/c1-13(2,3)14-8-10(18)9-20-12-11(15-21-16-12)17-4-6-19-7-5-17;1-7(9)10-8-5-3-2-4-6-8/h10,14,18H,4-9H2,1-3H3;2-6H,1H3. The Morgan fingerprint density at radius 3 is 2.55 bits per heavy atom. The van der Waals surface area contributed by atoms with Crippen LogP contribution in [-0.4, -0.2) is 70.9 Å². The van der Waals surface area contributed by atoms with Crippen LogP contribution in [0.2, 0.25) is 0 Å². The van der Waals surface area contributed by atoms with Crippen LogP contribution in [-0.2, 0) is 9.53 Å². The van der Waals surface area contributed by atoms with Crippen LogP contribution in [0.4, 0.5) is 5.82 Å². The minimum atomic E-state index is -0.580. The first-order valence-electron chi connectivity index (χ1n) is 10.2. The lowest BCUT2D eigenvalue weighted by Crippen LogP contribution is -2.42. The van der Waals surface area contributed by atoms with Crippen molar-refractivity contribution in [3.8, 4) is 11.6 Å². The summed E-state index contributed by atoms with van der Waals surface area (Å²) in [4.78, 5) is 12.5. The lowest BCUT2D eigenvalue weighted by molar-refractivity contribution is -0.131. The summed E-state index contributed by atoms with van der Waals surface area (Å²) in [6.07, 6.45) is -0.580. The molecule has 0 saturated carbocycles. The predicted molar refractivity (Wildman–Crippen MR) is 120 cm³/mol. The number of hydrogen-bond donors (Lipinski definition) is 2. The summed E-state index contributed by atoms with van der Waals surface area (Å²) in [6, 6.07) is 8.98. The summed E-state index contributed by atoms with van der Waals surface area (Å²) in [7, 11) is 0. The number of benzene rings is 1. The molecule has 1 aromatic carbocycles. The third-order valence-corrected chi connectivity index (χ3v) is 4.54. The molecule has 0 amide bonds. The van der Waals surface area contributed by atoms with Crippen molar-refractivity contribution in [1.82, 2.24) is 14.1 Å². The zero-order valence-electron chi connectivity index (χ0n) is 18.5. The van der Waals surface area contributed by atoms with Crippen molar-refractivity contribution in [3.05, 3.63) is 30.3 Å². The van der Waals surface area contributed by atoms with Crippen molar-refractivity contribution in [2.24, 2.45) is 0 Å². The molecule has 1 aliphatic rings. The molecule has 1 atom stereocenters. The number of aliphatic hydroxyl groups excluding tert-OH is 1. The van der Waals surface area contributed by atoms with Gasteiger partial charge in [0.15, 0.2) is 0 Å². The van der Waals surface area contributed by atoms with Crippen LogP contribution in [0, 0.1) is 0 Å². The van der Waals surface area contributed by atoms with Gasteiger partial charge >= 0.3 is 5.97 Å². The van der Waals surface area contributed by atoms with E-state index < -0.39 is 6.10 Å². The van der Waals surface area contributed by atoms with Crippen LogP contribution in [0.3, 0.4) is 0 Å². The third kappa shape index (κ3) is 10.1. The minimum Gasteiger partial charge on any atom is -0.472 e. The van der Waals surface area contributed by atoms with Gasteiger partial charge in [0.1, 0.15) is 18.5 Å². The van der Waals surface area contributed by atoms with Gasteiger partial charge in [-0.25, -0.2) is 0 Å². The molecule has 1 aromatic heterocycles. The number of nitrogens with one attached hydrogen (secondary N) is 1. The molecule has 2 aromatic rings. The number of β-amino-alcohol motifs (C(OH)–C–C–N with tert-alkyl or cyclic N) is 1. The normalized spacial score (nSPS) is 14.9. The fourth-order valence-corrected chi connectivity index (χ4v) is 3.07. The molecule has 1 unspecified atom stereocenters. The average Bonchev–Trinajstić information content (AvgIpc) is 3.20. The molecule has 10 heteroatoms. The van der Waals surface area contributed by atoms with E-state index >= 15 is 0 Å². The SMILES string of the molecule is CC(=O)Oc1ccccc1.CC(C)(C)NCC(O)COc1nsnc1N1CCOCC1. The first-order valence-corrected chi connectivity index (χ1v) is 10.9. The number of hydrogen-bond acceptors (Lipinski definition) is 10. The zero-order chi connectivity index (χ0) is 22.7. The maximum atomic E-state index is 10.4. The summed E-state index contributed by atoms with van der Waals surface area (Å²) in [6.45, 7) is 11.2. The highest BCUT2D eigenvalue weighted by Gasteiger charge is 2.21. The summed E-state index contributed by atoms with van der Waals surface area (Å²) < 4.78 is 24.2. The molecule has 1 aliphatic heterocycles. The molecular formula is C21H32N4O5S. The molecule has 0 radical (unpaired) electrons. The molecule has 172 valence electrons. The van der Waals surface area contributed by atoms with Crippen LogP contribution in [0.1, 0.15) is 27.7 Å². The van der Waals surface area contributed by atoms with E-state index in [1.54, 1.807) is 12.1 Å². The highest BCUT2D eigenvalue weighted by atomic mass is 32.1. The quantitative estimate of drug-likeness (QED) is 0.482. The number of carbonyl (C=O) groups is 1. The Morgan fingerprint density at radius 2 is 1.94 bits per heavy atom. The van der Waals surface area contributed by atoms with Gasteiger partial charge < -0.3 is 29.5 Å². The van der Waals surface area contributed by atoms with Gasteiger partial charge in [-0.05, 0) is 32.9 Å². The number of para-hydroxylation sites is 1. The molecule has 0 spiro atoms. The van der Waals surface area contributed by atoms with E-state index in [-0.39, 0.29) is 18.1 Å². The van der Waals surface area contributed by atoms with Gasteiger partial charge in [0.05, 0.1) is 24.9 Å². The second kappa shape index (κ2) is 12.6. The fourth-order valence-electron chi connectivity index (χ4n) is 2.55. The van der Waals surface area contributed by atoms with Crippen LogP contribution in [0.5, 0.6) is 11.6 Å². The number of carbonyl (C=O) groups excluding carboxylic acids is 1. The van der Waals surface area contributed by atoms with Crippen LogP contribution >= 0.6 is 11.7 Å². The minimum absolute atomic E-state index is 0.0257. The molecular weight excluding hydrogens is 420 g/mol.